The van der Waals surface area contributed by atoms with E-state index in [1.165, 1.54) is 22.3 Å². The third kappa shape index (κ3) is 2.56. The Kier molecular flexibility index (Phi) is 4.23. The molecular weight excluding hydrogens is 204 g/mol. The van der Waals surface area contributed by atoms with Gasteiger partial charge in [0.05, 0.1) is 6.10 Å². The van der Waals surface area contributed by atoms with E-state index in [4.69, 9.17) is 0 Å². The van der Waals surface area contributed by atoms with Crippen molar-refractivity contribution in [3.8, 4) is 0 Å². The Hall–Kier alpha value is -0.470. The fraction of sp³-hybridized carbons (Fsp3) is 0.538. The minimum atomic E-state index is -0.374. The van der Waals surface area contributed by atoms with Crippen molar-refractivity contribution in [1.82, 2.24) is 0 Å². The molecule has 0 fully saturated rings. The summed E-state index contributed by atoms with van der Waals surface area (Å²) >= 11 is 4.17. The topological polar surface area (TPSA) is 20.2 Å². The molecule has 0 aliphatic carbocycles. The van der Waals surface area contributed by atoms with E-state index < -0.39 is 0 Å². The zero-order chi connectivity index (χ0) is 11.6. The Morgan fingerprint density at radius 2 is 1.60 bits per heavy atom. The molecule has 1 aromatic carbocycles. The van der Waals surface area contributed by atoms with E-state index in [-0.39, 0.29) is 6.10 Å². The van der Waals surface area contributed by atoms with Crippen molar-refractivity contribution < 1.29 is 5.11 Å². The smallest absolute Gasteiger partial charge is 0.0803 e. The summed E-state index contributed by atoms with van der Waals surface area (Å²) in [7, 11) is 0. The number of hydrogen-bond acceptors (Lipinski definition) is 2. The highest BCUT2D eigenvalue weighted by atomic mass is 32.1. The molecule has 0 radical (unpaired) electrons. The van der Waals surface area contributed by atoms with Crippen molar-refractivity contribution in [3.63, 3.8) is 0 Å². The second kappa shape index (κ2) is 5.04. The van der Waals surface area contributed by atoms with Crippen LogP contribution >= 0.6 is 12.6 Å². The van der Waals surface area contributed by atoms with Crippen LogP contribution < -0.4 is 0 Å². The van der Waals surface area contributed by atoms with Gasteiger partial charge in [0, 0.05) is 0 Å². The molecule has 1 rings (SSSR count). The minimum absolute atomic E-state index is 0.374. The summed E-state index contributed by atoms with van der Waals surface area (Å²) in [5.41, 5.74) is 6.04. The van der Waals surface area contributed by atoms with Crippen LogP contribution in [0.15, 0.2) is 6.07 Å². The summed E-state index contributed by atoms with van der Waals surface area (Å²) in [5, 5.41) is 10.1. The van der Waals surface area contributed by atoms with Gasteiger partial charge in [-0.2, -0.15) is 12.6 Å². The lowest BCUT2D eigenvalue weighted by Crippen LogP contribution is -2.06. The summed E-state index contributed by atoms with van der Waals surface area (Å²) in [6, 6.07) is 2.18. The quantitative estimate of drug-likeness (QED) is 0.755. The first-order chi connectivity index (χ1) is 6.99. The molecule has 0 aromatic heterocycles. The lowest BCUT2D eigenvalue weighted by molar-refractivity contribution is 0.173. The van der Waals surface area contributed by atoms with E-state index in [1.807, 2.05) is 0 Å². The number of thiol groups is 1. The molecule has 0 saturated heterocycles. The highest BCUT2D eigenvalue weighted by molar-refractivity contribution is 7.80. The SMILES string of the molecule is Cc1cc(C)c(C)c(C(O)CCS)c1C. The molecule has 0 spiro atoms. The van der Waals surface area contributed by atoms with E-state index in [2.05, 4.69) is 46.4 Å². The lowest BCUT2D eigenvalue weighted by Gasteiger charge is -2.19. The van der Waals surface area contributed by atoms with Crippen LogP contribution in [-0.4, -0.2) is 10.9 Å². The number of hydrogen-bond donors (Lipinski definition) is 2. The molecule has 1 aromatic rings. The highest BCUT2D eigenvalue weighted by Gasteiger charge is 2.15. The van der Waals surface area contributed by atoms with E-state index >= 15 is 0 Å². The molecule has 0 amide bonds. The minimum Gasteiger partial charge on any atom is -0.388 e. The van der Waals surface area contributed by atoms with Crippen molar-refractivity contribution in [1.29, 1.82) is 0 Å². The molecule has 0 heterocycles. The van der Waals surface area contributed by atoms with Crippen LogP contribution in [0.5, 0.6) is 0 Å². The van der Waals surface area contributed by atoms with Gasteiger partial charge in [-0.15, -0.1) is 0 Å². The van der Waals surface area contributed by atoms with Crippen LogP contribution in [0.1, 0.15) is 40.3 Å². The molecule has 1 atom stereocenters. The van der Waals surface area contributed by atoms with E-state index in [1.54, 1.807) is 0 Å². The predicted octanol–water partition coefficient (Wildman–Crippen LogP) is 3.27. The van der Waals surface area contributed by atoms with Gasteiger partial charge in [0.2, 0.25) is 0 Å². The number of aryl methyl sites for hydroxylation is 2. The highest BCUT2D eigenvalue weighted by Crippen LogP contribution is 2.29. The first-order valence-corrected chi connectivity index (χ1v) is 5.98. The van der Waals surface area contributed by atoms with Gasteiger partial charge in [-0.3, -0.25) is 0 Å². The van der Waals surface area contributed by atoms with Crippen LogP contribution in [0.2, 0.25) is 0 Å². The summed E-state index contributed by atoms with van der Waals surface area (Å²) in [4.78, 5) is 0. The van der Waals surface area contributed by atoms with Crippen LogP contribution in [-0.2, 0) is 0 Å². The molecule has 15 heavy (non-hydrogen) atoms. The van der Waals surface area contributed by atoms with Crippen LogP contribution in [0.3, 0.4) is 0 Å². The number of aliphatic hydroxyl groups excluding tert-OH is 1. The number of rotatable bonds is 3. The monoisotopic (exact) mass is 224 g/mol. The van der Waals surface area contributed by atoms with E-state index in [0.29, 0.717) is 12.2 Å². The molecule has 2 heteroatoms. The van der Waals surface area contributed by atoms with Crippen molar-refractivity contribution in [2.24, 2.45) is 0 Å². The largest absolute Gasteiger partial charge is 0.388 e. The van der Waals surface area contributed by atoms with Crippen molar-refractivity contribution in [3.05, 3.63) is 33.9 Å². The Bertz CT molecular complexity index is 332. The molecule has 0 saturated carbocycles. The zero-order valence-electron chi connectivity index (χ0n) is 9.96. The fourth-order valence-electron chi connectivity index (χ4n) is 2.01. The Labute approximate surface area is 97.9 Å². The molecule has 0 bridgehead atoms. The third-order valence-corrected chi connectivity index (χ3v) is 3.42. The van der Waals surface area contributed by atoms with Crippen LogP contribution in [0.4, 0.5) is 0 Å². The van der Waals surface area contributed by atoms with Crippen molar-refractivity contribution >= 4 is 12.6 Å². The zero-order valence-corrected chi connectivity index (χ0v) is 10.9. The third-order valence-electron chi connectivity index (χ3n) is 3.16. The number of aliphatic hydroxyl groups is 1. The Balaban J connectivity index is 3.26. The Morgan fingerprint density at radius 3 is 2.00 bits per heavy atom. The maximum Gasteiger partial charge on any atom is 0.0803 e. The molecule has 0 aliphatic heterocycles. The van der Waals surface area contributed by atoms with E-state index in [9.17, 15) is 5.11 Å². The molecule has 1 nitrogen and oxygen atoms in total. The number of benzene rings is 1. The molecular formula is C13H20OS. The average Bonchev–Trinajstić information content (AvgIpc) is 2.16. The van der Waals surface area contributed by atoms with Crippen LogP contribution in [0, 0.1) is 27.7 Å². The van der Waals surface area contributed by atoms with Gasteiger partial charge in [-0.05, 0) is 67.7 Å². The van der Waals surface area contributed by atoms with E-state index in [0.717, 1.165) is 5.56 Å². The van der Waals surface area contributed by atoms with Gasteiger partial charge in [-0.25, -0.2) is 0 Å². The fourth-order valence-corrected chi connectivity index (χ4v) is 2.26. The van der Waals surface area contributed by atoms with Gasteiger partial charge in [-0.1, -0.05) is 6.07 Å². The summed E-state index contributed by atoms with van der Waals surface area (Å²) in [6.45, 7) is 8.36. The van der Waals surface area contributed by atoms with Gasteiger partial charge < -0.3 is 5.11 Å². The Morgan fingerprint density at radius 1 is 1.13 bits per heavy atom. The molecule has 0 aliphatic rings. The van der Waals surface area contributed by atoms with Gasteiger partial charge in [0.15, 0.2) is 0 Å². The second-order valence-corrected chi connectivity index (χ2v) is 4.65. The van der Waals surface area contributed by atoms with Gasteiger partial charge >= 0.3 is 0 Å². The second-order valence-electron chi connectivity index (χ2n) is 4.20. The predicted molar refractivity (Wildman–Crippen MR) is 68.8 cm³/mol. The standard InChI is InChI=1S/C13H20OS/c1-8-7-9(2)11(4)13(10(8)3)12(14)5-6-15/h7,12,14-15H,5-6H2,1-4H3. The van der Waals surface area contributed by atoms with Crippen molar-refractivity contribution in [2.45, 2.75) is 40.2 Å². The maximum atomic E-state index is 10.1. The maximum absolute atomic E-state index is 10.1. The van der Waals surface area contributed by atoms with Gasteiger partial charge in [0.1, 0.15) is 0 Å². The molecule has 1 unspecified atom stereocenters. The van der Waals surface area contributed by atoms with Gasteiger partial charge in [0.25, 0.3) is 0 Å². The summed E-state index contributed by atoms with van der Waals surface area (Å²) in [6.07, 6.45) is 0.342. The lowest BCUT2D eigenvalue weighted by atomic mass is 9.90. The molecule has 84 valence electrons. The summed E-state index contributed by atoms with van der Waals surface area (Å²) < 4.78 is 0. The average molecular weight is 224 g/mol. The van der Waals surface area contributed by atoms with Crippen LogP contribution in [0.25, 0.3) is 0 Å². The van der Waals surface area contributed by atoms with Crippen molar-refractivity contribution in [2.75, 3.05) is 5.75 Å². The summed E-state index contributed by atoms with van der Waals surface area (Å²) in [5.74, 6) is 0.715. The molecule has 1 N–H and O–H groups in total. The first kappa shape index (κ1) is 12.6. The normalized spacial score (nSPS) is 12.9. The first-order valence-electron chi connectivity index (χ1n) is 5.35.